The van der Waals surface area contributed by atoms with E-state index in [1.165, 1.54) is 6.20 Å². The standard InChI is InChI=1S/C17H23N3O/c1-3-11-20(13-21)17-9-5-4-8-16(17)14(2)12-15(19)7-6-10-18/h4-10,12-13H,3,11,18-19H2,1-2H3/b10-6-,14-12-,15-7-. The number of benzene rings is 1. The van der Waals surface area contributed by atoms with Crippen LogP contribution in [0.4, 0.5) is 5.69 Å². The molecule has 0 fully saturated rings. The van der Waals surface area contributed by atoms with Gasteiger partial charge in [-0.1, -0.05) is 25.1 Å². The molecule has 1 aromatic rings. The lowest BCUT2D eigenvalue weighted by atomic mass is 10.0. The quantitative estimate of drug-likeness (QED) is 0.597. The molecule has 0 saturated carbocycles. The molecule has 0 heterocycles. The number of amides is 1. The number of allylic oxidation sites excluding steroid dienone is 4. The van der Waals surface area contributed by atoms with Gasteiger partial charge in [0.2, 0.25) is 6.41 Å². The van der Waals surface area contributed by atoms with Crippen LogP contribution < -0.4 is 16.4 Å². The van der Waals surface area contributed by atoms with E-state index in [9.17, 15) is 4.79 Å². The lowest BCUT2D eigenvalue weighted by Crippen LogP contribution is -2.22. The molecule has 0 saturated heterocycles. The van der Waals surface area contributed by atoms with Gasteiger partial charge in [-0.25, -0.2) is 0 Å². The van der Waals surface area contributed by atoms with Crippen molar-refractivity contribution in [2.24, 2.45) is 11.5 Å². The summed E-state index contributed by atoms with van der Waals surface area (Å²) in [5, 5.41) is 0. The predicted octanol–water partition coefficient (Wildman–Crippen LogP) is 2.78. The second-order valence-corrected chi connectivity index (χ2v) is 4.69. The van der Waals surface area contributed by atoms with Crippen molar-refractivity contribution in [2.75, 3.05) is 11.4 Å². The van der Waals surface area contributed by atoms with Crippen molar-refractivity contribution in [3.05, 3.63) is 60.0 Å². The molecule has 0 aromatic heterocycles. The first-order valence-corrected chi connectivity index (χ1v) is 6.97. The number of rotatable bonds is 7. The fraction of sp³-hybridized carbons (Fsp3) is 0.235. The van der Waals surface area contributed by atoms with Crippen molar-refractivity contribution >= 4 is 17.7 Å². The van der Waals surface area contributed by atoms with Gasteiger partial charge < -0.3 is 16.4 Å². The summed E-state index contributed by atoms with van der Waals surface area (Å²) in [5.41, 5.74) is 14.7. The maximum Gasteiger partial charge on any atom is 0.214 e. The number of carbonyl (C=O) groups is 1. The Balaban J connectivity index is 3.18. The van der Waals surface area contributed by atoms with Gasteiger partial charge in [-0.2, -0.15) is 0 Å². The maximum absolute atomic E-state index is 11.3. The number of carbonyl (C=O) groups excluding carboxylic acids is 1. The largest absolute Gasteiger partial charge is 0.405 e. The second kappa shape index (κ2) is 8.64. The topological polar surface area (TPSA) is 72.3 Å². The molecule has 0 unspecified atom stereocenters. The van der Waals surface area contributed by atoms with E-state index < -0.39 is 0 Å². The summed E-state index contributed by atoms with van der Waals surface area (Å²) in [6, 6.07) is 7.80. The van der Waals surface area contributed by atoms with E-state index in [1.54, 1.807) is 17.1 Å². The molecule has 0 bridgehead atoms. The Morgan fingerprint density at radius 3 is 2.67 bits per heavy atom. The maximum atomic E-state index is 11.3. The molecule has 0 radical (unpaired) electrons. The molecule has 4 heteroatoms. The zero-order valence-electron chi connectivity index (χ0n) is 12.6. The number of anilines is 1. The van der Waals surface area contributed by atoms with E-state index in [4.69, 9.17) is 11.5 Å². The fourth-order valence-electron chi connectivity index (χ4n) is 2.07. The molecule has 0 aliphatic rings. The Morgan fingerprint density at radius 2 is 2.05 bits per heavy atom. The van der Waals surface area contributed by atoms with Gasteiger partial charge >= 0.3 is 0 Å². The highest BCUT2D eigenvalue weighted by molar-refractivity contribution is 5.85. The Morgan fingerprint density at radius 1 is 1.33 bits per heavy atom. The molecular weight excluding hydrogens is 262 g/mol. The van der Waals surface area contributed by atoms with Gasteiger partial charge in [-0.3, -0.25) is 4.79 Å². The highest BCUT2D eigenvalue weighted by atomic mass is 16.1. The summed E-state index contributed by atoms with van der Waals surface area (Å²) in [7, 11) is 0. The normalized spacial score (nSPS) is 12.7. The summed E-state index contributed by atoms with van der Waals surface area (Å²) in [6.45, 7) is 4.71. The van der Waals surface area contributed by atoms with Crippen LogP contribution in [0.1, 0.15) is 25.8 Å². The van der Waals surface area contributed by atoms with E-state index in [0.29, 0.717) is 12.2 Å². The summed E-state index contributed by atoms with van der Waals surface area (Å²) in [6.07, 6.45) is 8.48. The van der Waals surface area contributed by atoms with Crippen LogP contribution in [-0.4, -0.2) is 13.0 Å². The molecule has 112 valence electrons. The number of hydrogen-bond donors (Lipinski definition) is 2. The SMILES string of the molecule is CCCN(C=O)c1ccccc1\C(C)=C/C(N)=C/C=C\N. The summed E-state index contributed by atoms with van der Waals surface area (Å²) in [4.78, 5) is 13.0. The zero-order chi connectivity index (χ0) is 15.7. The van der Waals surface area contributed by atoms with E-state index in [0.717, 1.165) is 29.7 Å². The number of hydrogen-bond acceptors (Lipinski definition) is 3. The van der Waals surface area contributed by atoms with Crippen LogP contribution in [0, 0.1) is 0 Å². The van der Waals surface area contributed by atoms with Crippen molar-refractivity contribution in [3.8, 4) is 0 Å². The third-order valence-electron chi connectivity index (χ3n) is 3.01. The number of para-hydroxylation sites is 1. The third-order valence-corrected chi connectivity index (χ3v) is 3.01. The highest BCUT2D eigenvalue weighted by Gasteiger charge is 2.10. The molecule has 21 heavy (non-hydrogen) atoms. The molecule has 1 aromatic carbocycles. The average molecular weight is 285 g/mol. The Bertz CT molecular complexity index is 559. The van der Waals surface area contributed by atoms with Crippen LogP contribution in [0.15, 0.2) is 54.4 Å². The van der Waals surface area contributed by atoms with Crippen molar-refractivity contribution < 1.29 is 4.79 Å². The molecule has 4 nitrogen and oxygen atoms in total. The smallest absolute Gasteiger partial charge is 0.214 e. The minimum atomic E-state index is 0.608. The second-order valence-electron chi connectivity index (χ2n) is 4.69. The molecule has 0 atom stereocenters. The summed E-state index contributed by atoms with van der Waals surface area (Å²) in [5.74, 6) is 0. The van der Waals surface area contributed by atoms with Crippen LogP contribution in [0.3, 0.4) is 0 Å². The van der Waals surface area contributed by atoms with Crippen LogP contribution in [-0.2, 0) is 4.79 Å². The van der Waals surface area contributed by atoms with Gasteiger partial charge in [0.05, 0.1) is 5.69 Å². The molecular formula is C17H23N3O. The molecule has 0 aliphatic carbocycles. The molecule has 1 rings (SSSR count). The first kappa shape index (κ1) is 16.6. The minimum Gasteiger partial charge on any atom is -0.405 e. The number of nitrogens with two attached hydrogens (primary N) is 2. The Labute approximate surface area is 126 Å². The van der Waals surface area contributed by atoms with Gasteiger partial charge in [0, 0.05) is 17.8 Å². The van der Waals surface area contributed by atoms with Gasteiger partial charge in [0.15, 0.2) is 0 Å². The molecule has 4 N–H and O–H groups in total. The summed E-state index contributed by atoms with van der Waals surface area (Å²) >= 11 is 0. The van der Waals surface area contributed by atoms with Gasteiger partial charge in [-0.15, -0.1) is 0 Å². The van der Waals surface area contributed by atoms with E-state index >= 15 is 0 Å². The lowest BCUT2D eigenvalue weighted by Gasteiger charge is -2.20. The Hall–Kier alpha value is -2.49. The molecule has 0 spiro atoms. The molecule has 1 amide bonds. The van der Waals surface area contributed by atoms with Crippen LogP contribution in [0.5, 0.6) is 0 Å². The fourth-order valence-corrected chi connectivity index (χ4v) is 2.07. The van der Waals surface area contributed by atoms with Crippen molar-refractivity contribution in [1.29, 1.82) is 0 Å². The highest BCUT2D eigenvalue weighted by Crippen LogP contribution is 2.27. The van der Waals surface area contributed by atoms with Crippen LogP contribution in [0.25, 0.3) is 5.57 Å². The van der Waals surface area contributed by atoms with Gasteiger partial charge in [0.25, 0.3) is 0 Å². The van der Waals surface area contributed by atoms with E-state index in [1.807, 2.05) is 44.2 Å². The number of nitrogens with zero attached hydrogens (tertiary/aromatic N) is 1. The van der Waals surface area contributed by atoms with E-state index in [2.05, 4.69) is 0 Å². The van der Waals surface area contributed by atoms with Gasteiger partial charge in [-0.05, 0) is 49.4 Å². The lowest BCUT2D eigenvalue weighted by molar-refractivity contribution is -0.107. The average Bonchev–Trinajstić information content (AvgIpc) is 2.50. The monoisotopic (exact) mass is 285 g/mol. The first-order valence-electron chi connectivity index (χ1n) is 6.97. The summed E-state index contributed by atoms with van der Waals surface area (Å²) < 4.78 is 0. The first-order chi connectivity index (χ1) is 10.1. The third kappa shape index (κ3) is 4.84. The molecule has 0 aliphatic heterocycles. The minimum absolute atomic E-state index is 0.608. The predicted molar refractivity (Wildman–Crippen MR) is 89.4 cm³/mol. The van der Waals surface area contributed by atoms with Gasteiger partial charge in [0.1, 0.15) is 0 Å². The Kier molecular flexibility index (Phi) is 6.81. The van der Waals surface area contributed by atoms with Crippen molar-refractivity contribution in [2.45, 2.75) is 20.3 Å². The zero-order valence-corrected chi connectivity index (χ0v) is 12.6. The van der Waals surface area contributed by atoms with E-state index in [-0.39, 0.29) is 0 Å². The van der Waals surface area contributed by atoms with Crippen LogP contribution in [0.2, 0.25) is 0 Å². The van der Waals surface area contributed by atoms with Crippen molar-refractivity contribution in [1.82, 2.24) is 0 Å². The van der Waals surface area contributed by atoms with Crippen molar-refractivity contribution in [3.63, 3.8) is 0 Å². The van der Waals surface area contributed by atoms with Crippen LogP contribution >= 0.6 is 0 Å².